The number of halogens is 1. The minimum absolute atomic E-state index is 0.486. The molecule has 1 aliphatic rings. The summed E-state index contributed by atoms with van der Waals surface area (Å²) >= 11 is 3.33. The van der Waals surface area contributed by atoms with Crippen molar-refractivity contribution in [2.75, 3.05) is 13.2 Å². The number of ether oxygens (including phenoxy) is 1. The molecule has 1 fully saturated rings. The minimum Gasteiger partial charge on any atom is -0.380 e. The molecule has 0 unspecified atom stereocenters. The molecule has 1 heterocycles. The van der Waals surface area contributed by atoms with Gasteiger partial charge in [-0.3, -0.25) is 0 Å². The molecule has 0 atom stereocenters. The molecule has 66 valence electrons. The zero-order valence-corrected chi connectivity index (χ0v) is 8.54. The SMILES string of the molecule is N#Cc1cc(C2COC2)ccc1Br. The van der Waals surface area contributed by atoms with E-state index < -0.39 is 0 Å². The lowest BCUT2D eigenvalue weighted by Crippen LogP contribution is -2.25. The lowest BCUT2D eigenvalue weighted by Gasteiger charge is -2.26. The molecule has 1 aromatic rings. The lowest BCUT2D eigenvalue weighted by molar-refractivity contribution is 0.00841. The molecule has 0 amide bonds. The second kappa shape index (κ2) is 3.49. The van der Waals surface area contributed by atoms with Crippen molar-refractivity contribution in [3.8, 4) is 6.07 Å². The maximum atomic E-state index is 8.80. The average Bonchev–Trinajstić information content (AvgIpc) is 2.05. The zero-order chi connectivity index (χ0) is 9.26. The van der Waals surface area contributed by atoms with Crippen molar-refractivity contribution in [1.29, 1.82) is 5.26 Å². The van der Waals surface area contributed by atoms with Crippen molar-refractivity contribution < 1.29 is 4.74 Å². The third kappa shape index (κ3) is 1.60. The van der Waals surface area contributed by atoms with Gasteiger partial charge in [-0.1, -0.05) is 6.07 Å². The van der Waals surface area contributed by atoms with Crippen LogP contribution in [0.1, 0.15) is 17.0 Å². The fourth-order valence-electron chi connectivity index (χ4n) is 1.31. The molecule has 1 saturated heterocycles. The molecule has 0 spiro atoms. The standard InChI is InChI=1S/C10H8BrNO/c11-10-2-1-7(3-8(10)4-12)9-5-13-6-9/h1-3,9H,5-6H2. The maximum absolute atomic E-state index is 8.80. The summed E-state index contributed by atoms with van der Waals surface area (Å²) in [4.78, 5) is 0. The quantitative estimate of drug-likeness (QED) is 0.752. The van der Waals surface area contributed by atoms with Crippen LogP contribution in [0.5, 0.6) is 0 Å². The summed E-state index contributed by atoms with van der Waals surface area (Å²) in [6.45, 7) is 1.57. The van der Waals surface area contributed by atoms with E-state index in [1.54, 1.807) is 0 Å². The molecule has 2 nitrogen and oxygen atoms in total. The van der Waals surface area contributed by atoms with Gasteiger partial charge < -0.3 is 4.74 Å². The Morgan fingerprint density at radius 1 is 1.46 bits per heavy atom. The van der Waals surface area contributed by atoms with Crippen LogP contribution in [0.15, 0.2) is 22.7 Å². The molecule has 0 aliphatic carbocycles. The van der Waals surface area contributed by atoms with Gasteiger partial charge in [0.25, 0.3) is 0 Å². The third-order valence-electron chi connectivity index (χ3n) is 2.22. The van der Waals surface area contributed by atoms with Crippen molar-refractivity contribution in [3.05, 3.63) is 33.8 Å². The number of hydrogen-bond acceptors (Lipinski definition) is 2. The van der Waals surface area contributed by atoms with Crippen LogP contribution in [-0.4, -0.2) is 13.2 Å². The number of hydrogen-bond donors (Lipinski definition) is 0. The van der Waals surface area contributed by atoms with E-state index in [-0.39, 0.29) is 0 Å². The molecule has 0 aromatic heterocycles. The van der Waals surface area contributed by atoms with E-state index in [2.05, 4.69) is 22.0 Å². The molecular weight excluding hydrogens is 230 g/mol. The Morgan fingerprint density at radius 2 is 2.23 bits per heavy atom. The summed E-state index contributed by atoms with van der Waals surface area (Å²) < 4.78 is 5.96. The van der Waals surface area contributed by atoms with Gasteiger partial charge in [-0.05, 0) is 33.6 Å². The number of nitriles is 1. The first-order valence-electron chi connectivity index (χ1n) is 4.08. The van der Waals surface area contributed by atoms with E-state index in [0.29, 0.717) is 11.5 Å². The Morgan fingerprint density at radius 3 is 2.77 bits per heavy atom. The monoisotopic (exact) mass is 237 g/mol. The second-order valence-corrected chi connectivity index (χ2v) is 3.94. The first-order valence-corrected chi connectivity index (χ1v) is 4.88. The van der Waals surface area contributed by atoms with Crippen molar-refractivity contribution in [1.82, 2.24) is 0 Å². The van der Waals surface area contributed by atoms with E-state index >= 15 is 0 Å². The summed E-state index contributed by atoms with van der Waals surface area (Å²) in [5.41, 5.74) is 1.90. The molecule has 0 N–H and O–H groups in total. The molecular formula is C10H8BrNO. The van der Waals surface area contributed by atoms with Crippen molar-refractivity contribution in [3.63, 3.8) is 0 Å². The topological polar surface area (TPSA) is 33.0 Å². The minimum atomic E-state index is 0.486. The van der Waals surface area contributed by atoms with Gasteiger partial charge in [0.2, 0.25) is 0 Å². The summed E-state index contributed by atoms with van der Waals surface area (Å²) in [7, 11) is 0. The van der Waals surface area contributed by atoms with Crippen molar-refractivity contribution >= 4 is 15.9 Å². The van der Waals surface area contributed by atoms with Crippen LogP contribution in [0.2, 0.25) is 0 Å². The zero-order valence-electron chi connectivity index (χ0n) is 6.96. The molecule has 1 aromatic carbocycles. The Hall–Kier alpha value is -0.850. The smallest absolute Gasteiger partial charge is 0.100 e. The lowest BCUT2D eigenvalue weighted by atomic mass is 9.96. The van der Waals surface area contributed by atoms with Crippen LogP contribution in [0, 0.1) is 11.3 Å². The van der Waals surface area contributed by atoms with Gasteiger partial charge in [-0.15, -0.1) is 0 Å². The highest BCUT2D eigenvalue weighted by molar-refractivity contribution is 9.10. The highest BCUT2D eigenvalue weighted by atomic mass is 79.9. The van der Waals surface area contributed by atoms with Gasteiger partial charge >= 0.3 is 0 Å². The van der Waals surface area contributed by atoms with Crippen LogP contribution in [0.4, 0.5) is 0 Å². The molecule has 0 radical (unpaired) electrons. The number of rotatable bonds is 1. The number of benzene rings is 1. The largest absolute Gasteiger partial charge is 0.380 e. The summed E-state index contributed by atoms with van der Waals surface area (Å²) in [5, 5.41) is 8.80. The van der Waals surface area contributed by atoms with E-state index in [0.717, 1.165) is 17.7 Å². The molecule has 0 bridgehead atoms. The predicted octanol–water partition coefficient (Wildman–Crippen LogP) is 2.43. The van der Waals surface area contributed by atoms with Gasteiger partial charge in [0, 0.05) is 10.4 Å². The molecule has 3 heteroatoms. The average molecular weight is 238 g/mol. The number of nitrogens with zero attached hydrogens (tertiary/aromatic N) is 1. The van der Waals surface area contributed by atoms with Crippen LogP contribution in [-0.2, 0) is 4.74 Å². The highest BCUT2D eigenvalue weighted by Crippen LogP contribution is 2.27. The molecule has 13 heavy (non-hydrogen) atoms. The fraction of sp³-hybridized carbons (Fsp3) is 0.300. The highest BCUT2D eigenvalue weighted by Gasteiger charge is 2.20. The molecule has 2 rings (SSSR count). The Labute approximate surface area is 85.3 Å². The maximum Gasteiger partial charge on any atom is 0.100 e. The Balaban J connectivity index is 2.33. The van der Waals surface area contributed by atoms with Gasteiger partial charge in [-0.2, -0.15) is 5.26 Å². The van der Waals surface area contributed by atoms with Crippen LogP contribution in [0.25, 0.3) is 0 Å². The Bertz CT molecular complexity index is 366. The van der Waals surface area contributed by atoms with E-state index in [1.165, 1.54) is 5.56 Å². The van der Waals surface area contributed by atoms with Gasteiger partial charge in [-0.25, -0.2) is 0 Å². The second-order valence-electron chi connectivity index (χ2n) is 3.09. The summed E-state index contributed by atoms with van der Waals surface area (Å²) in [6, 6.07) is 8.04. The van der Waals surface area contributed by atoms with E-state index in [9.17, 15) is 0 Å². The predicted molar refractivity (Wildman–Crippen MR) is 52.4 cm³/mol. The van der Waals surface area contributed by atoms with Gasteiger partial charge in [0.1, 0.15) is 6.07 Å². The normalized spacial score (nSPS) is 16.3. The van der Waals surface area contributed by atoms with Crippen LogP contribution >= 0.6 is 15.9 Å². The van der Waals surface area contributed by atoms with E-state index in [1.807, 2.05) is 18.2 Å². The third-order valence-corrected chi connectivity index (χ3v) is 2.91. The summed E-state index contributed by atoms with van der Waals surface area (Å²) in [6.07, 6.45) is 0. The Kier molecular flexibility index (Phi) is 2.34. The first-order chi connectivity index (χ1) is 6.31. The first kappa shape index (κ1) is 8.74. The summed E-state index contributed by atoms with van der Waals surface area (Å²) in [5.74, 6) is 0.486. The van der Waals surface area contributed by atoms with Crippen molar-refractivity contribution in [2.24, 2.45) is 0 Å². The van der Waals surface area contributed by atoms with Crippen molar-refractivity contribution in [2.45, 2.75) is 5.92 Å². The van der Waals surface area contributed by atoms with Crippen LogP contribution < -0.4 is 0 Å². The van der Waals surface area contributed by atoms with Crippen LogP contribution in [0.3, 0.4) is 0 Å². The molecule has 0 saturated carbocycles. The van der Waals surface area contributed by atoms with E-state index in [4.69, 9.17) is 10.00 Å². The molecule has 1 aliphatic heterocycles. The van der Waals surface area contributed by atoms with Gasteiger partial charge in [0.15, 0.2) is 0 Å². The van der Waals surface area contributed by atoms with Gasteiger partial charge in [0.05, 0.1) is 18.8 Å². The fourth-order valence-corrected chi connectivity index (χ4v) is 1.65.